The lowest BCUT2D eigenvalue weighted by Crippen LogP contribution is -2.31. The minimum Gasteiger partial charge on any atom is -0.313 e. The van der Waals surface area contributed by atoms with E-state index in [4.69, 9.17) is 0 Å². The molecule has 0 aromatic heterocycles. The van der Waals surface area contributed by atoms with Gasteiger partial charge in [-0.3, -0.25) is 0 Å². The number of benzene rings is 2. The molecule has 3 rings (SSSR count). The molecule has 2 aromatic rings. The lowest BCUT2D eigenvalue weighted by molar-refractivity contribution is 0.486. The maximum absolute atomic E-state index is 3.75. The predicted octanol–water partition coefficient (Wildman–Crippen LogP) is 3.94. The normalized spacial score (nSPS) is 22.1. The fourth-order valence-corrected chi connectivity index (χ4v) is 3.24. The fourth-order valence-electron chi connectivity index (χ4n) is 3.24. The molecule has 2 atom stereocenters. The summed E-state index contributed by atoms with van der Waals surface area (Å²) in [5.41, 5.74) is 4.51. The van der Waals surface area contributed by atoms with Crippen molar-refractivity contribution >= 4 is 0 Å². The summed E-state index contributed by atoms with van der Waals surface area (Å²) in [5.74, 6) is 0.588. The van der Waals surface area contributed by atoms with Gasteiger partial charge in [0, 0.05) is 18.5 Å². The molecule has 1 N–H and O–H groups in total. The summed E-state index contributed by atoms with van der Waals surface area (Å²) in [6.45, 7) is 3.36. The molecule has 0 saturated heterocycles. The molecule has 2 aromatic carbocycles. The van der Waals surface area contributed by atoms with Gasteiger partial charge in [0.2, 0.25) is 0 Å². The van der Waals surface area contributed by atoms with Crippen LogP contribution in [0.5, 0.6) is 0 Å². The van der Waals surface area contributed by atoms with Gasteiger partial charge in [0.05, 0.1) is 0 Å². The minimum atomic E-state index is 0.588. The summed E-state index contributed by atoms with van der Waals surface area (Å²) in [5, 5.41) is 3.75. The van der Waals surface area contributed by atoms with Crippen molar-refractivity contribution in [1.82, 2.24) is 5.32 Å². The predicted molar refractivity (Wildman–Crippen MR) is 85.1 cm³/mol. The smallest absolute Gasteiger partial charge is 0.0105 e. The molecule has 1 heteroatoms. The molecule has 0 bridgehead atoms. The Morgan fingerprint density at radius 2 is 1.75 bits per heavy atom. The molecular formula is C19H23N. The molecule has 1 aliphatic heterocycles. The van der Waals surface area contributed by atoms with Gasteiger partial charge < -0.3 is 5.32 Å². The Kier molecular flexibility index (Phi) is 4.17. The van der Waals surface area contributed by atoms with Crippen molar-refractivity contribution in [3.63, 3.8) is 0 Å². The van der Waals surface area contributed by atoms with Crippen LogP contribution in [0.2, 0.25) is 0 Å². The molecule has 0 fully saturated rings. The van der Waals surface area contributed by atoms with E-state index >= 15 is 0 Å². The summed E-state index contributed by atoms with van der Waals surface area (Å²) in [4.78, 5) is 0. The van der Waals surface area contributed by atoms with Gasteiger partial charge in [-0.25, -0.2) is 0 Å². The monoisotopic (exact) mass is 265 g/mol. The third-order valence-corrected chi connectivity index (χ3v) is 4.43. The second-order valence-corrected chi connectivity index (χ2v) is 5.80. The number of hydrogen-bond acceptors (Lipinski definition) is 1. The van der Waals surface area contributed by atoms with Gasteiger partial charge in [0.25, 0.3) is 0 Å². The van der Waals surface area contributed by atoms with Crippen LogP contribution >= 0.6 is 0 Å². The Hall–Kier alpha value is -1.60. The third kappa shape index (κ3) is 2.94. The molecule has 1 heterocycles. The molecule has 1 nitrogen and oxygen atoms in total. The van der Waals surface area contributed by atoms with Crippen LogP contribution in [0.25, 0.3) is 0 Å². The molecule has 1 aliphatic rings. The maximum atomic E-state index is 3.75. The van der Waals surface area contributed by atoms with Crippen LogP contribution in [0, 0.1) is 0 Å². The van der Waals surface area contributed by atoms with E-state index in [1.54, 1.807) is 5.56 Å². The van der Waals surface area contributed by atoms with Crippen LogP contribution in [0.15, 0.2) is 54.6 Å². The van der Waals surface area contributed by atoms with E-state index in [-0.39, 0.29) is 0 Å². The number of hydrogen-bond donors (Lipinski definition) is 1. The molecule has 0 amide bonds. The standard InChI is InChI=1S/C19H23N/c1-2-18-13-16-10-6-7-11-19(16)17(14-20-18)12-15-8-4-3-5-9-15/h3-11,17-18,20H,2,12-14H2,1H3/t17-,18+/m1/s1. The van der Waals surface area contributed by atoms with Crippen molar-refractivity contribution in [3.8, 4) is 0 Å². The maximum Gasteiger partial charge on any atom is 0.0105 e. The van der Waals surface area contributed by atoms with Crippen molar-refractivity contribution in [1.29, 1.82) is 0 Å². The summed E-state index contributed by atoms with van der Waals surface area (Å²) in [6, 6.07) is 20.5. The van der Waals surface area contributed by atoms with Crippen LogP contribution in [-0.2, 0) is 12.8 Å². The Labute approximate surface area is 122 Å². The highest BCUT2D eigenvalue weighted by Gasteiger charge is 2.22. The van der Waals surface area contributed by atoms with Crippen LogP contribution in [0.3, 0.4) is 0 Å². The lowest BCUT2D eigenvalue weighted by Gasteiger charge is -2.18. The van der Waals surface area contributed by atoms with Crippen LogP contribution in [0.1, 0.15) is 36.0 Å². The SMILES string of the molecule is CC[C@H]1Cc2ccccc2[C@H](Cc2ccccc2)CN1. The van der Waals surface area contributed by atoms with E-state index in [2.05, 4.69) is 66.8 Å². The molecule has 0 spiro atoms. The minimum absolute atomic E-state index is 0.588. The first-order valence-corrected chi connectivity index (χ1v) is 7.72. The van der Waals surface area contributed by atoms with Crippen molar-refractivity contribution in [2.75, 3.05) is 6.54 Å². The first-order valence-electron chi connectivity index (χ1n) is 7.72. The summed E-state index contributed by atoms with van der Waals surface area (Å²) >= 11 is 0. The average Bonchev–Trinajstić information content (AvgIpc) is 2.68. The number of nitrogens with one attached hydrogen (secondary N) is 1. The summed E-state index contributed by atoms with van der Waals surface area (Å²) in [7, 11) is 0. The second kappa shape index (κ2) is 6.23. The highest BCUT2D eigenvalue weighted by Crippen LogP contribution is 2.27. The van der Waals surface area contributed by atoms with Crippen molar-refractivity contribution < 1.29 is 0 Å². The molecular weight excluding hydrogens is 242 g/mol. The van der Waals surface area contributed by atoms with Gasteiger partial charge in [0.1, 0.15) is 0 Å². The van der Waals surface area contributed by atoms with E-state index in [1.165, 1.54) is 17.5 Å². The van der Waals surface area contributed by atoms with Gasteiger partial charge in [-0.05, 0) is 36.0 Å². The first-order chi connectivity index (χ1) is 9.86. The summed E-state index contributed by atoms with van der Waals surface area (Å²) < 4.78 is 0. The first kappa shape index (κ1) is 13.4. The van der Waals surface area contributed by atoms with Crippen LogP contribution in [0.4, 0.5) is 0 Å². The molecule has 20 heavy (non-hydrogen) atoms. The Morgan fingerprint density at radius 1 is 1.00 bits per heavy atom. The topological polar surface area (TPSA) is 12.0 Å². The molecule has 0 unspecified atom stereocenters. The average molecular weight is 265 g/mol. The van der Waals surface area contributed by atoms with Crippen molar-refractivity contribution in [2.45, 2.75) is 38.1 Å². The Morgan fingerprint density at radius 3 is 2.55 bits per heavy atom. The zero-order valence-corrected chi connectivity index (χ0v) is 12.2. The second-order valence-electron chi connectivity index (χ2n) is 5.80. The Bertz CT molecular complexity index is 547. The van der Waals surface area contributed by atoms with Gasteiger partial charge in [-0.15, -0.1) is 0 Å². The fraction of sp³-hybridized carbons (Fsp3) is 0.368. The third-order valence-electron chi connectivity index (χ3n) is 4.43. The zero-order chi connectivity index (χ0) is 13.8. The highest BCUT2D eigenvalue weighted by molar-refractivity contribution is 5.34. The van der Waals surface area contributed by atoms with Gasteiger partial charge in [-0.1, -0.05) is 61.5 Å². The van der Waals surface area contributed by atoms with Gasteiger partial charge in [-0.2, -0.15) is 0 Å². The van der Waals surface area contributed by atoms with E-state index in [1.807, 2.05) is 0 Å². The molecule has 0 saturated carbocycles. The quantitative estimate of drug-likeness (QED) is 0.886. The lowest BCUT2D eigenvalue weighted by atomic mass is 9.88. The molecule has 0 radical (unpaired) electrons. The van der Waals surface area contributed by atoms with Crippen molar-refractivity contribution in [3.05, 3.63) is 71.3 Å². The van der Waals surface area contributed by atoms with E-state index in [0.717, 1.165) is 19.4 Å². The van der Waals surface area contributed by atoms with E-state index in [9.17, 15) is 0 Å². The Balaban J connectivity index is 1.87. The van der Waals surface area contributed by atoms with Crippen LogP contribution in [-0.4, -0.2) is 12.6 Å². The van der Waals surface area contributed by atoms with Gasteiger partial charge >= 0.3 is 0 Å². The van der Waals surface area contributed by atoms with Crippen LogP contribution < -0.4 is 5.32 Å². The summed E-state index contributed by atoms with van der Waals surface area (Å²) in [6.07, 6.45) is 3.49. The number of rotatable bonds is 3. The molecule has 0 aliphatic carbocycles. The van der Waals surface area contributed by atoms with E-state index < -0.39 is 0 Å². The van der Waals surface area contributed by atoms with E-state index in [0.29, 0.717) is 12.0 Å². The largest absolute Gasteiger partial charge is 0.313 e. The highest BCUT2D eigenvalue weighted by atomic mass is 14.9. The molecule has 104 valence electrons. The van der Waals surface area contributed by atoms with Gasteiger partial charge in [0.15, 0.2) is 0 Å². The zero-order valence-electron chi connectivity index (χ0n) is 12.2. The van der Waals surface area contributed by atoms with Crippen molar-refractivity contribution in [2.24, 2.45) is 0 Å². The number of fused-ring (bicyclic) bond motifs is 1.